The van der Waals surface area contributed by atoms with Crippen LogP contribution in [0.5, 0.6) is 5.75 Å². The monoisotopic (exact) mass is 392 g/mol. The zero-order valence-corrected chi connectivity index (χ0v) is 17.2. The number of carbonyl (C=O) groups is 2. The van der Waals surface area contributed by atoms with E-state index in [0.29, 0.717) is 17.0 Å². The second-order valence-electron chi connectivity index (χ2n) is 7.00. The fourth-order valence-corrected chi connectivity index (χ4v) is 3.37. The molecule has 0 unspecified atom stereocenters. The van der Waals surface area contributed by atoms with Gasteiger partial charge in [0, 0.05) is 33.8 Å². The summed E-state index contributed by atoms with van der Waals surface area (Å²) >= 11 is 0. The molecule has 3 rings (SSSR count). The number of hydrogen-bond acceptors (Lipinski definition) is 4. The number of methoxy groups -OCH3 is 1. The molecule has 3 N–H and O–H groups in total. The molecule has 0 saturated heterocycles. The Morgan fingerprint density at radius 3 is 2.52 bits per heavy atom. The van der Waals surface area contributed by atoms with Crippen molar-refractivity contribution in [3.05, 3.63) is 64.4 Å². The Bertz CT molecular complexity index is 1160. The first kappa shape index (κ1) is 20.2. The summed E-state index contributed by atoms with van der Waals surface area (Å²) in [5.41, 5.74) is 10.4. The first-order chi connectivity index (χ1) is 13.7. The topological polar surface area (TPSA) is 94.6 Å². The number of amides is 2. The zero-order chi connectivity index (χ0) is 21.3. The van der Waals surface area contributed by atoms with Gasteiger partial charge in [-0.2, -0.15) is 0 Å². The molecule has 3 aromatic rings. The number of ether oxygens (including phenoxy) is 1. The Morgan fingerprint density at radius 1 is 1.14 bits per heavy atom. The van der Waals surface area contributed by atoms with E-state index in [-0.39, 0.29) is 5.91 Å². The van der Waals surface area contributed by atoms with Crippen molar-refractivity contribution in [2.24, 2.45) is 5.73 Å². The van der Waals surface area contributed by atoms with Gasteiger partial charge in [0.05, 0.1) is 7.11 Å². The van der Waals surface area contributed by atoms with E-state index >= 15 is 0 Å². The van der Waals surface area contributed by atoms with Gasteiger partial charge in [-0.25, -0.2) is 0 Å². The van der Waals surface area contributed by atoms with Gasteiger partial charge < -0.3 is 20.2 Å². The van der Waals surface area contributed by atoms with E-state index in [1.807, 2.05) is 33.8 Å². The fraction of sp³-hybridized carbons (Fsp3) is 0.217. The number of rotatable bonds is 5. The van der Waals surface area contributed by atoms with Crippen molar-refractivity contribution in [2.45, 2.75) is 27.7 Å². The van der Waals surface area contributed by atoms with Gasteiger partial charge in [-0.1, -0.05) is 6.07 Å². The van der Waals surface area contributed by atoms with Crippen LogP contribution in [-0.2, 0) is 4.79 Å². The summed E-state index contributed by atoms with van der Waals surface area (Å²) in [7, 11) is 1.60. The quantitative estimate of drug-likeness (QED) is 0.625. The maximum atomic E-state index is 12.5. The van der Waals surface area contributed by atoms with E-state index in [1.165, 1.54) is 12.1 Å². The zero-order valence-electron chi connectivity index (χ0n) is 17.2. The molecule has 29 heavy (non-hydrogen) atoms. The van der Waals surface area contributed by atoms with Gasteiger partial charge in [0.25, 0.3) is 0 Å². The number of carbonyl (C=O) groups excluding carboxylic acids is 2. The van der Waals surface area contributed by atoms with Crippen molar-refractivity contribution in [2.75, 3.05) is 12.4 Å². The molecule has 0 aliphatic heterocycles. The third-order valence-corrected chi connectivity index (χ3v) is 5.04. The molecule has 0 aliphatic rings. The smallest absolute Gasteiger partial charge is 0.248 e. The summed E-state index contributed by atoms with van der Waals surface area (Å²) in [6.07, 6.45) is 1.50. The first-order valence-electron chi connectivity index (χ1n) is 9.19. The highest BCUT2D eigenvalue weighted by molar-refractivity contribution is 6.05. The fourth-order valence-electron chi connectivity index (χ4n) is 3.37. The van der Waals surface area contributed by atoms with Crippen molar-refractivity contribution in [1.82, 2.24) is 0 Å². The van der Waals surface area contributed by atoms with Crippen LogP contribution in [0.3, 0.4) is 0 Å². The molecule has 2 amide bonds. The number of allylic oxidation sites excluding steroid dienone is 1. The summed E-state index contributed by atoms with van der Waals surface area (Å²) in [5, 5.41) is 3.76. The van der Waals surface area contributed by atoms with E-state index < -0.39 is 5.91 Å². The van der Waals surface area contributed by atoms with Crippen LogP contribution in [0.2, 0.25) is 0 Å². The van der Waals surface area contributed by atoms with Crippen LogP contribution in [0.1, 0.15) is 39.7 Å². The highest BCUT2D eigenvalue weighted by atomic mass is 16.5. The van der Waals surface area contributed by atoms with Gasteiger partial charge in [-0.05, 0) is 63.1 Å². The molecule has 0 fully saturated rings. The predicted octanol–water partition coefficient (Wildman–Crippen LogP) is 4.51. The number of anilines is 1. The van der Waals surface area contributed by atoms with Crippen LogP contribution in [-0.4, -0.2) is 18.9 Å². The third kappa shape index (κ3) is 3.87. The summed E-state index contributed by atoms with van der Waals surface area (Å²) in [6, 6.07) is 8.48. The lowest BCUT2D eigenvalue weighted by Crippen LogP contribution is -2.13. The van der Waals surface area contributed by atoms with Crippen LogP contribution >= 0.6 is 0 Å². The number of hydrogen-bond donors (Lipinski definition) is 2. The van der Waals surface area contributed by atoms with Gasteiger partial charge in [-0.15, -0.1) is 0 Å². The molecule has 0 bridgehead atoms. The molecule has 0 radical (unpaired) electrons. The van der Waals surface area contributed by atoms with Gasteiger partial charge in [0.2, 0.25) is 11.8 Å². The van der Waals surface area contributed by atoms with E-state index in [9.17, 15) is 9.59 Å². The van der Waals surface area contributed by atoms with Crippen molar-refractivity contribution in [1.29, 1.82) is 0 Å². The Balaban J connectivity index is 1.97. The standard InChI is InChI=1S/C23H24N2O4/c1-12(9-20(26)25-17-8-6-7-16(10-17)23(24)27)18-11-19-13(2)15(4)29-22(19)14(3)21(18)28-5/h6-11H,1-5H3,(H2,24,27)(H,25,26)/b12-9+. The molecular weight excluding hydrogens is 368 g/mol. The minimum atomic E-state index is -0.549. The van der Waals surface area contributed by atoms with Crippen molar-refractivity contribution in [3.8, 4) is 5.75 Å². The maximum absolute atomic E-state index is 12.5. The summed E-state index contributed by atoms with van der Waals surface area (Å²) in [4.78, 5) is 23.9. The minimum Gasteiger partial charge on any atom is -0.496 e. The summed E-state index contributed by atoms with van der Waals surface area (Å²) in [6.45, 7) is 7.73. The Hall–Kier alpha value is -3.54. The van der Waals surface area contributed by atoms with Crippen LogP contribution in [0.25, 0.3) is 16.5 Å². The van der Waals surface area contributed by atoms with Crippen molar-refractivity contribution >= 4 is 34.0 Å². The average molecular weight is 392 g/mol. The molecule has 0 spiro atoms. The lowest BCUT2D eigenvalue weighted by molar-refractivity contribution is -0.111. The van der Waals surface area contributed by atoms with Crippen molar-refractivity contribution < 1.29 is 18.7 Å². The second kappa shape index (κ2) is 7.83. The molecular formula is C23H24N2O4. The molecule has 0 aliphatic carbocycles. The lowest BCUT2D eigenvalue weighted by atomic mass is 9.98. The number of nitrogens with one attached hydrogen (secondary N) is 1. The molecule has 6 heteroatoms. The Kier molecular flexibility index (Phi) is 5.46. The van der Waals surface area contributed by atoms with Gasteiger partial charge in [0.1, 0.15) is 17.1 Å². The second-order valence-corrected chi connectivity index (χ2v) is 7.00. The molecule has 150 valence electrons. The van der Waals surface area contributed by atoms with Crippen LogP contribution in [0.4, 0.5) is 5.69 Å². The number of benzene rings is 2. The number of primary amides is 1. The normalized spacial score (nSPS) is 11.6. The van der Waals surface area contributed by atoms with E-state index in [0.717, 1.165) is 39.0 Å². The summed E-state index contributed by atoms with van der Waals surface area (Å²) in [5.74, 6) is 0.663. The van der Waals surface area contributed by atoms with E-state index in [2.05, 4.69) is 5.32 Å². The SMILES string of the molecule is COc1c(/C(C)=C/C(=O)Nc2cccc(C(N)=O)c2)cc2c(C)c(C)oc2c1C. The first-order valence-corrected chi connectivity index (χ1v) is 9.19. The third-order valence-electron chi connectivity index (χ3n) is 5.04. The van der Waals surface area contributed by atoms with Gasteiger partial charge in [-0.3, -0.25) is 9.59 Å². The maximum Gasteiger partial charge on any atom is 0.248 e. The molecule has 1 heterocycles. The van der Waals surface area contributed by atoms with Crippen LogP contribution < -0.4 is 15.8 Å². The Morgan fingerprint density at radius 2 is 1.86 bits per heavy atom. The number of furan rings is 1. The highest BCUT2D eigenvalue weighted by Crippen LogP contribution is 2.38. The van der Waals surface area contributed by atoms with Gasteiger partial charge in [0.15, 0.2) is 0 Å². The number of fused-ring (bicyclic) bond motifs is 1. The predicted molar refractivity (Wildman–Crippen MR) is 114 cm³/mol. The van der Waals surface area contributed by atoms with E-state index in [4.69, 9.17) is 14.9 Å². The highest BCUT2D eigenvalue weighted by Gasteiger charge is 2.18. The lowest BCUT2D eigenvalue weighted by Gasteiger charge is -2.13. The molecule has 6 nitrogen and oxygen atoms in total. The number of nitrogens with two attached hydrogens (primary N) is 1. The molecule has 0 saturated carbocycles. The minimum absolute atomic E-state index is 0.316. The molecule has 0 atom stereocenters. The van der Waals surface area contributed by atoms with Crippen LogP contribution in [0, 0.1) is 20.8 Å². The summed E-state index contributed by atoms with van der Waals surface area (Å²) < 4.78 is 11.5. The largest absolute Gasteiger partial charge is 0.496 e. The Labute approximate surface area is 169 Å². The molecule has 2 aromatic carbocycles. The van der Waals surface area contributed by atoms with Gasteiger partial charge >= 0.3 is 0 Å². The van der Waals surface area contributed by atoms with E-state index in [1.54, 1.807) is 25.3 Å². The molecule has 1 aromatic heterocycles. The average Bonchev–Trinajstić information content (AvgIpc) is 2.96. The van der Waals surface area contributed by atoms with Crippen LogP contribution in [0.15, 0.2) is 40.8 Å². The van der Waals surface area contributed by atoms with Crippen molar-refractivity contribution in [3.63, 3.8) is 0 Å². The number of aryl methyl sites for hydroxylation is 3.